The highest BCUT2D eigenvalue weighted by atomic mass is 19.1. The highest BCUT2D eigenvalue weighted by molar-refractivity contribution is 5.97. The van der Waals surface area contributed by atoms with Gasteiger partial charge >= 0.3 is 0 Å². The first kappa shape index (κ1) is 17.9. The molecule has 1 aromatic carbocycles. The fourth-order valence-electron chi connectivity index (χ4n) is 2.62. The van der Waals surface area contributed by atoms with Crippen molar-refractivity contribution in [3.8, 4) is 0 Å². The Balaban J connectivity index is 1.70. The molecule has 0 radical (unpaired) electrons. The zero-order valence-electron chi connectivity index (χ0n) is 13.8. The Bertz CT molecular complexity index is 613. The lowest BCUT2D eigenvalue weighted by atomic mass is 10.1. The molecule has 24 heavy (non-hydrogen) atoms. The van der Waals surface area contributed by atoms with Gasteiger partial charge in [-0.2, -0.15) is 0 Å². The van der Waals surface area contributed by atoms with Crippen molar-refractivity contribution >= 4 is 17.7 Å². The number of carbonyl (C=O) groups is 3. The molecule has 0 aromatic heterocycles. The molecule has 0 atom stereocenters. The van der Waals surface area contributed by atoms with E-state index in [-0.39, 0.29) is 36.5 Å². The summed E-state index contributed by atoms with van der Waals surface area (Å²) in [4.78, 5) is 38.4. The Kier molecular flexibility index (Phi) is 6.28. The van der Waals surface area contributed by atoms with Crippen LogP contribution < -0.4 is 5.32 Å². The molecule has 1 N–H and O–H groups in total. The summed E-state index contributed by atoms with van der Waals surface area (Å²) >= 11 is 0. The van der Waals surface area contributed by atoms with Crippen LogP contribution in [0.5, 0.6) is 0 Å². The lowest BCUT2D eigenvalue weighted by molar-refractivity contribution is -0.141. The van der Waals surface area contributed by atoms with Crippen LogP contribution in [0.25, 0.3) is 0 Å². The molecule has 0 aliphatic carbocycles. The molecule has 1 fully saturated rings. The molecule has 2 rings (SSSR count). The van der Waals surface area contributed by atoms with Crippen LogP contribution in [0.4, 0.5) is 4.39 Å². The van der Waals surface area contributed by atoms with Crippen molar-refractivity contribution in [2.45, 2.75) is 19.8 Å². The lowest BCUT2D eigenvalue weighted by Gasteiger charge is -2.34. The van der Waals surface area contributed by atoms with Gasteiger partial charge in [0.15, 0.2) is 0 Å². The van der Waals surface area contributed by atoms with E-state index in [4.69, 9.17) is 0 Å². The van der Waals surface area contributed by atoms with E-state index in [1.54, 1.807) is 28.0 Å². The van der Waals surface area contributed by atoms with Gasteiger partial charge in [-0.1, -0.05) is 18.2 Å². The van der Waals surface area contributed by atoms with Gasteiger partial charge in [0.1, 0.15) is 12.2 Å². The van der Waals surface area contributed by atoms with Gasteiger partial charge in [-0.25, -0.2) is 4.39 Å². The van der Waals surface area contributed by atoms with Crippen LogP contribution in [0.3, 0.4) is 0 Å². The molecular weight excluding hydrogens is 313 g/mol. The molecular formula is C17H22FN3O3. The van der Waals surface area contributed by atoms with Crippen LogP contribution >= 0.6 is 0 Å². The van der Waals surface area contributed by atoms with Gasteiger partial charge in [0.25, 0.3) is 0 Å². The van der Waals surface area contributed by atoms with Gasteiger partial charge in [-0.3, -0.25) is 14.4 Å². The van der Waals surface area contributed by atoms with Gasteiger partial charge in [-0.05, 0) is 18.1 Å². The third-order valence-corrected chi connectivity index (χ3v) is 4.06. The van der Waals surface area contributed by atoms with Crippen molar-refractivity contribution in [1.29, 1.82) is 0 Å². The Morgan fingerprint density at radius 1 is 1.08 bits per heavy atom. The number of amides is 3. The summed E-state index contributed by atoms with van der Waals surface area (Å²) in [7, 11) is 0. The molecule has 0 bridgehead atoms. The van der Waals surface area contributed by atoms with Crippen LogP contribution in [-0.2, 0) is 20.8 Å². The summed E-state index contributed by atoms with van der Waals surface area (Å²) in [6.45, 7) is 3.67. The first-order valence-electron chi connectivity index (χ1n) is 8.01. The van der Waals surface area contributed by atoms with Crippen LogP contribution in [0.2, 0.25) is 0 Å². The monoisotopic (exact) mass is 335 g/mol. The molecule has 1 aliphatic rings. The van der Waals surface area contributed by atoms with Gasteiger partial charge in [-0.15, -0.1) is 0 Å². The number of nitrogens with one attached hydrogen (secondary N) is 1. The minimum atomic E-state index is -0.370. The number of hydrogen-bond donors (Lipinski definition) is 1. The molecule has 3 amide bonds. The van der Waals surface area contributed by atoms with Gasteiger partial charge in [0.2, 0.25) is 17.7 Å². The number of halogens is 1. The fourth-order valence-corrected chi connectivity index (χ4v) is 2.62. The van der Waals surface area contributed by atoms with Crippen molar-refractivity contribution in [3.05, 3.63) is 35.6 Å². The Morgan fingerprint density at radius 2 is 1.71 bits per heavy atom. The Labute approximate surface area is 140 Å². The van der Waals surface area contributed by atoms with E-state index >= 15 is 0 Å². The summed E-state index contributed by atoms with van der Waals surface area (Å²) in [6.07, 6.45) is 0.154. The maximum absolute atomic E-state index is 13.5. The number of nitrogens with zero attached hydrogens (tertiary/aromatic N) is 2. The highest BCUT2D eigenvalue weighted by Gasteiger charge is 2.23. The summed E-state index contributed by atoms with van der Waals surface area (Å²) in [6, 6.07) is 6.40. The van der Waals surface area contributed by atoms with Gasteiger partial charge < -0.3 is 15.1 Å². The maximum Gasteiger partial charge on any atom is 0.232 e. The van der Waals surface area contributed by atoms with Crippen LogP contribution in [0, 0.1) is 5.82 Å². The van der Waals surface area contributed by atoms with E-state index in [1.807, 2.05) is 0 Å². The predicted molar refractivity (Wildman–Crippen MR) is 86.6 cm³/mol. The predicted octanol–water partition coefficient (Wildman–Crippen LogP) is 0.565. The third kappa shape index (κ3) is 5.04. The van der Waals surface area contributed by atoms with Crippen molar-refractivity contribution in [2.75, 3.05) is 32.7 Å². The largest absolute Gasteiger partial charge is 0.355 e. The summed E-state index contributed by atoms with van der Waals surface area (Å²) < 4.78 is 13.5. The highest BCUT2D eigenvalue weighted by Crippen LogP contribution is 2.07. The van der Waals surface area contributed by atoms with E-state index < -0.39 is 0 Å². The lowest BCUT2D eigenvalue weighted by Crippen LogP contribution is -2.50. The smallest absolute Gasteiger partial charge is 0.232 e. The average Bonchev–Trinajstić information content (AvgIpc) is 2.56. The minimum absolute atomic E-state index is 0.00649. The third-order valence-electron chi connectivity index (χ3n) is 4.06. The standard InChI is InChI=1S/C17H22FN3O3/c1-13(22)20-8-10-21(11-9-20)17(24)12-16(23)19-7-6-14-4-2-3-5-15(14)18/h2-5H,6-12H2,1H3,(H,19,23). The van der Waals surface area contributed by atoms with Crippen molar-refractivity contribution in [3.63, 3.8) is 0 Å². The summed E-state index contributed by atoms with van der Waals surface area (Å²) in [5.74, 6) is -0.925. The number of benzene rings is 1. The topological polar surface area (TPSA) is 69.7 Å². The van der Waals surface area contributed by atoms with Crippen molar-refractivity contribution in [1.82, 2.24) is 15.1 Å². The Hall–Kier alpha value is -2.44. The average molecular weight is 335 g/mol. The SMILES string of the molecule is CC(=O)N1CCN(C(=O)CC(=O)NCCc2ccccc2F)CC1. The number of piperazine rings is 1. The molecule has 0 unspecified atom stereocenters. The molecule has 1 heterocycles. The minimum Gasteiger partial charge on any atom is -0.355 e. The molecule has 7 heteroatoms. The quantitative estimate of drug-likeness (QED) is 0.800. The van der Waals surface area contributed by atoms with Gasteiger partial charge in [0.05, 0.1) is 0 Å². The molecule has 1 saturated heterocycles. The molecule has 130 valence electrons. The van der Waals surface area contributed by atoms with E-state index in [0.717, 1.165) is 0 Å². The van der Waals surface area contributed by atoms with E-state index in [1.165, 1.54) is 13.0 Å². The van der Waals surface area contributed by atoms with E-state index in [2.05, 4.69) is 5.32 Å². The summed E-state index contributed by atoms with van der Waals surface area (Å²) in [5, 5.41) is 2.64. The number of rotatable bonds is 5. The first-order chi connectivity index (χ1) is 11.5. The Morgan fingerprint density at radius 3 is 2.33 bits per heavy atom. The molecule has 1 aliphatic heterocycles. The van der Waals surface area contributed by atoms with Crippen LogP contribution in [-0.4, -0.2) is 60.2 Å². The molecule has 6 nitrogen and oxygen atoms in total. The zero-order chi connectivity index (χ0) is 17.5. The molecule has 0 saturated carbocycles. The van der Waals surface area contributed by atoms with E-state index in [0.29, 0.717) is 38.2 Å². The fraction of sp³-hybridized carbons (Fsp3) is 0.471. The van der Waals surface area contributed by atoms with Crippen molar-refractivity contribution in [2.24, 2.45) is 0 Å². The first-order valence-corrected chi connectivity index (χ1v) is 8.01. The number of carbonyl (C=O) groups excluding carboxylic acids is 3. The zero-order valence-corrected chi connectivity index (χ0v) is 13.8. The number of hydrogen-bond acceptors (Lipinski definition) is 3. The van der Waals surface area contributed by atoms with Crippen molar-refractivity contribution < 1.29 is 18.8 Å². The summed E-state index contributed by atoms with van der Waals surface area (Å²) in [5.41, 5.74) is 0.532. The molecule has 0 spiro atoms. The second kappa shape index (κ2) is 8.42. The molecule has 1 aromatic rings. The van der Waals surface area contributed by atoms with Crippen LogP contribution in [0.15, 0.2) is 24.3 Å². The normalized spacial score (nSPS) is 14.4. The second-order valence-corrected chi connectivity index (χ2v) is 5.75. The van der Waals surface area contributed by atoms with Crippen LogP contribution in [0.1, 0.15) is 18.9 Å². The van der Waals surface area contributed by atoms with E-state index in [9.17, 15) is 18.8 Å². The second-order valence-electron chi connectivity index (χ2n) is 5.75. The maximum atomic E-state index is 13.5. The van der Waals surface area contributed by atoms with Gasteiger partial charge in [0, 0.05) is 39.6 Å².